The quantitative estimate of drug-likeness (QED) is 0.548. The monoisotopic (exact) mass is 511 g/mol. The molecule has 3 rings (SSSR count). The van der Waals surface area contributed by atoms with Crippen LogP contribution in [0.2, 0.25) is 0 Å². The maximum absolute atomic E-state index is 13.0. The van der Waals surface area contributed by atoms with E-state index in [1.54, 1.807) is 12.1 Å². The van der Waals surface area contributed by atoms with Gasteiger partial charge in [-0.05, 0) is 55.3 Å². The Morgan fingerprint density at radius 3 is 2.18 bits per heavy atom. The summed E-state index contributed by atoms with van der Waals surface area (Å²) in [5, 5.41) is 2.59. The number of anilines is 2. The van der Waals surface area contributed by atoms with Crippen LogP contribution in [0.1, 0.15) is 19.3 Å². The second-order valence-electron chi connectivity index (χ2n) is 7.84. The molecule has 1 aliphatic heterocycles. The number of nitrogens with one attached hydrogen (secondary N) is 1. The van der Waals surface area contributed by atoms with Crippen LogP contribution in [-0.2, 0) is 24.8 Å². The number of methoxy groups -OCH3 is 2. The van der Waals surface area contributed by atoms with Gasteiger partial charge in [-0.2, -0.15) is 4.31 Å². The standard InChI is InChI=1S/C22H29N3O7S2/c1-31-18-9-7-17(8-10-18)25(33(3,27)28)16-22(26)23-20-15-19(11-12-21(20)32-2)34(29,30)24-13-5-4-6-14-24/h7-12,15H,4-6,13-14,16H2,1-3H3,(H,23,26). The maximum Gasteiger partial charge on any atom is 0.245 e. The summed E-state index contributed by atoms with van der Waals surface area (Å²) in [4.78, 5) is 12.9. The van der Waals surface area contributed by atoms with E-state index >= 15 is 0 Å². The number of nitrogens with zero attached hydrogens (tertiary/aromatic N) is 2. The third kappa shape index (κ3) is 5.99. The highest BCUT2D eigenvalue weighted by molar-refractivity contribution is 7.92. The number of piperidine rings is 1. The molecule has 1 aliphatic rings. The van der Waals surface area contributed by atoms with Gasteiger partial charge < -0.3 is 14.8 Å². The Morgan fingerprint density at radius 1 is 0.971 bits per heavy atom. The maximum atomic E-state index is 13.0. The molecule has 0 saturated carbocycles. The van der Waals surface area contributed by atoms with Crippen molar-refractivity contribution in [2.24, 2.45) is 0 Å². The van der Waals surface area contributed by atoms with E-state index < -0.39 is 32.5 Å². The molecule has 0 bridgehead atoms. The second kappa shape index (κ2) is 10.6. The second-order valence-corrected chi connectivity index (χ2v) is 11.7. The molecule has 1 heterocycles. The minimum absolute atomic E-state index is 0.0284. The summed E-state index contributed by atoms with van der Waals surface area (Å²) in [6, 6.07) is 10.5. The van der Waals surface area contributed by atoms with Gasteiger partial charge in [-0.3, -0.25) is 9.10 Å². The van der Waals surface area contributed by atoms with Crippen molar-refractivity contribution in [2.45, 2.75) is 24.2 Å². The predicted octanol–water partition coefficient (Wildman–Crippen LogP) is 2.28. The summed E-state index contributed by atoms with van der Waals surface area (Å²) >= 11 is 0. The van der Waals surface area contributed by atoms with Crippen LogP contribution < -0.4 is 19.1 Å². The first kappa shape index (κ1) is 25.8. The molecular formula is C22H29N3O7S2. The van der Waals surface area contributed by atoms with Gasteiger partial charge in [-0.25, -0.2) is 16.8 Å². The predicted molar refractivity (Wildman–Crippen MR) is 129 cm³/mol. The van der Waals surface area contributed by atoms with Crippen LogP contribution in [0.5, 0.6) is 11.5 Å². The van der Waals surface area contributed by atoms with E-state index in [9.17, 15) is 21.6 Å². The molecule has 2 aromatic carbocycles. The Morgan fingerprint density at radius 2 is 1.62 bits per heavy atom. The van der Waals surface area contributed by atoms with Gasteiger partial charge in [-0.15, -0.1) is 0 Å². The third-order valence-electron chi connectivity index (χ3n) is 5.45. The van der Waals surface area contributed by atoms with Crippen LogP contribution in [-0.4, -0.2) is 67.2 Å². The number of sulfonamides is 2. The summed E-state index contributed by atoms with van der Waals surface area (Å²) in [5.41, 5.74) is 0.417. The highest BCUT2D eigenvalue weighted by Crippen LogP contribution is 2.30. The molecule has 1 N–H and O–H groups in total. The molecule has 10 nitrogen and oxygen atoms in total. The molecular weight excluding hydrogens is 482 g/mol. The van der Waals surface area contributed by atoms with E-state index in [-0.39, 0.29) is 22.0 Å². The minimum atomic E-state index is -3.79. The van der Waals surface area contributed by atoms with Crippen LogP contribution in [0.3, 0.4) is 0 Å². The molecule has 0 aliphatic carbocycles. The van der Waals surface area contributed by atoms with Crippen molar-refractivity contribution < 1.29 is 31.1 Å². The SMILES string of the molecule is COc1ccc(N(CC(=O)Nc2cc(S(=O)(=O)N3CCCCC3)ccc2OC)S(C)(=O)=O)cc1. The minimum Gasteiger partial charge on any atom is -0.497 e. The normalized spacial score (nSPS) is 14.9. The fourth-order valence-corrected chi connectivity index (χ4v) is 6.07. The molecule has 186 valence electrons. The molecule has 0 aromatic heterocycles. The Kier molecular flexibility index (Phi) is 8.05. The van der Waals surface area contributed by atoms with E-state index in [4.69, 9.17) is 9.47 Å². The van der Waals surface area contributed by atoms with E-state index in [1.807, 2.05) is 0 Å². The Balaban J connectivity index is 1.85. The van der Waals surface area contributed by atoms with Gasteiger partial charge in [0.2, 0.25) is 26.0 Å². The van der Waals surface area contributed by atoms with Crippen molar-refractivity contribution in [3.05, 3.63) is 42.5 Å². The van der Waals surface area contributed by atoms with Gasteiger partial charge in [0, 0.05) is 13.1 Å². The highest BCUT2D eigenvalue weighted by Gasteiger charge is 2.27. The summed E-state index contributed by atoms with van der Waals surface area (Å²) in [6.07, 6.45) is 3.58. The Hall–Kier alpha value is -2.83. The van der Waals surface area contributed by atoms with Gasteiger partial charge in [-0.1, -0.05) is 6.42 Å². The van der Waals surface area contributed by atoms with Gasteiger partial charge in [0.15, 0.2) is 0 Å². The summed E-state index contributed by atoms with van der Waals surface area (Å²) < 4.78 is 63.6. The zero-order valence-corrected chi connectivity index (χ0v) is 21.0. The summed E-state index contributed by atoms with van der Waals surface area (Å²) in [5.74, 6) is 0.131. The van der Waals surface area contributed by atoms with Crippen LogP contribution in [0.4, 0.5) is 11.4 Å². The molecule has 12 heteroatoms. The lowest BCUT2D eigenvalue weighted by atomic mass is 10.2. The van der Waals surface area contributed by atoms with Gasteiger partial charge >= 0.3 is 0 Å². The van der Waals surface area contributed by atoms with Crippen molar-refractivity contribution in [2.75, 3.05) is 49.7 Å². The van der Waals surface area contributed by atoms with E-state index in [0.717, 1.165) is 29.8 Å². The highest BCUT2D eigenvalue weighted by atomic mass is 32.2. The average Bonchev–Trinajstić information content (AvgIpc) is 2.82. The van der Waals surface area contributed by atoms with Crippen molar-refractivity contribution in [3.63, 3.8) is 0 Å². The lowest BCUT2D eigenvalue weighted by Gasteiger charge is -2.26. The molecule has 1 amide bonds. The molecule has 1 saturated heterocycles. The number of rotatable bonds is 9. The van der Waals surface area contributed by atoms with Crippen LogP contribution >= 0.6 is 0 Å². The number of hydrogen-bond acceptors (Lipinski definition) is 7. The fraction of sp³-hybridized carbons (Fsp3) is 0.409. The molecule has 0 radical (unpaired) electrons. The van der Waals surface area contributed by atoms with E-state index in [0.29, 0.717) is 18.8 Å². The number of benzene rings is 2. The van der Waals surface area contributed by atoms with Crippen LogP contribution in [0.15, 0.2) is 47.4 Å². The van der Waals surface area contributed by atoms with Crippen LogP contribution in [0, 0.1) is 0 Å². The number of carbonyl (C=O) groups is 1. The van der Waals surface area contributed by atoms with Gasteiger partial charge in [0.25, 0.3) is 0 Å². The van der Waals surface area contributed by atoms with Crippen molar-refractivity contribution in [3.8, 4) is 11.5 Å². The molecule has 0 spiro atoms. The van der Waals surface area contributed by atoms with E-state index in [2.05, 4.69) is 5.32 Å². The smallest absolute Gasteiger partial charge is 0.245 e. The first-order valence-electron chi connectivity index (χ1n) is 10.7. The zero-order chi connectivity index (χ0) is 24.9. The molecule has 2 aromatic rings. The largest absolute Gasteiger partial charge is 0.497 e. The lowest BCUT2D eigenvalue weighted by molar-refractivity contribution is -0.114. The Bertz CT molecular complexity index is 1220. The topological polar surface area (TPSA) is 122 Å². The summed E-state index contributed by atoms with van der Waals surface area (Å²) in [7, 11) is -4.64. The first-order valence-corrected chi connectivity index (χ1v) is 13.9. The van der Waals surface area contributed by atoms with Crippen molar-refractivity contribution >= 4 is 37.3 Å². The molecule has 1 fully saturated rings. The van der Waals surface area contributed by atoms with Crippen molar-refractivity contribution in [1.82, 2.24) is 4.31 Å². The fourth-order valence-electron chi connectivity index (χ4n) is 3.67. The number of carbonyl (C=O) groups excluding carboxylic acids is 1. The zero-order valence-electron chi connectivity index (χ0n) is 19.4. The van der Waals surface area contributed by atoms with Gasteiger partial charge in [0.1, 0.15) is 18.0 Å². The van der Waals surface area contributed by atoms with Crippen molar-refractivity contribution in [1.29, 1.82) is 0 Å². The summed E-state index contributed by atoms with van der Waals surface area (Å²) in [6.45, 7) is 0.375. The Labute approximate surface area is 200 Å². The number of amides is 1. The van der Waals surface area contributed by atoms with Crippen LogP contribution in [0.25, 0.3) is 0 Å². The third-order valence-corrected chi connectivity index (χ3v) is 8.48. The lowest BCUT2D eigenvalue weighted by Crippen LogP contribution is -2.37. The molecule has 0 unspecified atom stereocenters. The van der Waals surface area contributed by atoms with Gasteiger partial charge in [0.05, 0.1) is 36.7 Å². The molecule has 0 atom stereocenters. The average molecular weight is 512 g/mol. The van der Waals surface area contributed by atoms with E-state index in [1.165, 1.54) is 48.9 Å². The molecule has 34 heavy (non-hydrogen) atoms. The first-order chi connectivity index (χ1) is 16.1. The number of ether oxygens (including phenoxy) is 2. The number of hydrogen-bond donors (Lipinski definition) is 1.